The van der Waals surface area contributed by atoms with Gasteiger partial charge in [0.05, 0.1) is 26.9 Å². The Balaban J connectivity index is 0.000000678. The first-order valence-electron chi connectivity index (χ1n) is 10.5. The molecule has 196 valence electrons. The quantitative estimate of drug-likeness (QED) is 0.355. The highest BCUT2D eigenvalue weighted by Crippen LogP contribution is 2.30. The van der Waals surface area contributed by atoms with Gasteiger partial charge in [-0.3, -0.25) is 4.79 Å². The number of carbonyl (C=O) groups excluding carboxylic acids is 1. The summed E-state index contributed by atoms with van der Waals surface area (Å²) in [6, 6.07) is 11.9. The van der Waals surface area contributed by atoms with Crippen molar-refractivity contribution in [3.05, 3.63) is 53.1 Å². The maximum Gasteiger partial charge on any atom is 0.414 e. The summed E-state index contributed by atoms with van der Waals surface area (Å²) in [6.07, 6.45) is 0. The Bertz CT molecular complexity index is 1160. The zero-order chi connectivity index (χ0) is 26.7. The van der Waals surface area contributed by atoms with Crippen molar-refractivity contribution in [1.29, 1.82) is 0 Å². The Morgan fingerprint density at radius 2 is 1.67 bits per heavy atom. The summed E-state index contributed by atoms with van der Waals surface area (Å²) < 4.78 is 37.8. The Morgan fingerprint density at radius 3 is 2.22 bits per heavy atom. The highest BCUT2D eigenvalue weighted by Gasteiger charge is 2.29. The molecular weight excluding hydrogens is 518 g/mol. The van der Waals surface area contributed by atoms with E-state index in [1.54, 1.807) is 18.2 Å². The van der Waals surface area contributed by atoms with Gasteiger partial charge < -0.3 is 30.3 Å². The van der Waals surface area contributed by atoms with Gasteiger partial charge >= 0.3 is 11.9 Å². The van der Waals surface area contributed by atoms with Crippen molar-refractivity contribution in [1.82, 2.24) is 9.62 Å². The van der Waals surface area contributed by atoms with Crippen molar-refractivity contribution in [3.8, 4) is 5.75 Å². The molecule has 0 spiro atoms. The van der Waals surface area contributed by atoms with Crippen LogP contribution in [0.5, 0.6) is 5.75 Å². The number of methoxy groups -OCH3 is 1. The van der Waals surface area contributed by atoms with Gasteiger partial charge in [-0.25, -0.2) is 18.0 Å². The topological polar surface area (TPSA) is 172 Å². The second-order valence-corrected chi connectivity index (χ2v) is 9.61. The van der Waals surface area contributed by atoms with Crippen LogP contribution in [0.1, 0.15) is 5.56 Å². The zero-order valence-electron chi connectivity index (χ0n) is 19.3. The van der Waals surface area contributed by atoms with Crippen molar-refractivity contribution in [2.75, 3.05) is 45.3 Å². The molecule has 1 saturated heterocycles. The average molecular weight is 544 g/mol. The molecule has 0 saturated carbocycles. The lowest BCUT2D eigenvalue weighted by atomic mass is 10.2. The number of amides is 1. The third-order valence-corrected chi connectivity index (χ3v) is 6.92. The molecule has 36 heavy (non-hydrogen) atoms. The lowest BCUT2D eigenvalue weighted by Gasteiger charge is -2.26. The molecule has 0 atom stereocenters. The van der Waals surface area contributed by atoms with Crippen LogP contribution < -0.4 is 15.4 Å². The fourth-order valence-corrected chi connectivity index (χ4v) is 4.73. The van der Waals surface area contributed by atoms with Gasteiger partial charge in [0.15, 0.2) is 0 Å². The van der Waals surface area contributed by atoms with Crippen LogP contribution in [0.3, 0.4) is 0 Å². The van der Waals surface area contributed by atoms with Crippen molar-refractivity contribution in [2.45, 2.75) is 11.4 Å². The van der Waals surface area contributed by atoms with Crippen LogP contribution in [0.25, 0.3) is 0 Å². The maximum atomic E-state index is 13.0. The highest BCUT2D eigenvalue weighted by molar-refractivity contribution is 7.89. The van der Waals surface area contributed by atoms with E-state index in [0.717, 1.165) is 5.56 Å². The lowest BCUT2D eigenvalue weighted by molar-refractivity contribution is -0.159. The highest BCUT2D eigenvalue weighted by atomic mass is 35.5. The van der Waals surface area contributed by atoms with E-state index in [1.807, 2.05) is 12.1 Å². The first-order valence-corrected chi connectivity index (χ1v) is 12.3. The molecule has 2 aromatic carbocycles. The molecule has 0 aromatic heterocycles. The van der Waals surface area contributed by atoms with Crippen LogP contribution in [-0.4, -0.2) is 80.7 Å². The number of hydrogen-bond acceptors (Lipinski definition) is 8. The molecule has 1 aliphatic heterocycles. The molecule has 1 heterocycles. The Morgan fingerprint density at radius 1 is 1.06 bits per heavy atom. The standard InChI is InChI=1S/C20H24ClN3O5S.C2H2O4/c1-28-18-7-6-17(12-19(18)30(26,27)24-8-10-29-11-9-24)23-20(25)14-22-13-15-2-4-16(21)5-3-15;3-1(4)2(5)6/h2-7,12,22H,8-11,13-14H2,1H3,(H,23,25);(H,3,4)(H,5,6). The van der Waals surface area contributed by atoms with E-state index in [1.165, 1.54) is 23.5 Å². The number of morpholine rings is 1. The van der Waals surface area contributed by atoms with Crippen LogP contribution in [-0.2, 0) is 35.7 Å². The Labute approximate surface area is 212 Å². The third-order valence-electron chi connectivity index (χ3n) is 4.75. The van der Waals surface area contributed by atoms with Gasteiger partial charge in [-0.1, -0.05) is 23.7 Å². The van der Waals surface area contributed by atoms with Gasteiger partial charge in [0.25, 0.3) is 0 Å². The van der Waals surface area contributed by atoms with Gasteiger partial charge in [-0.05, 0) is 35.9 Å². The monoisotopic (exact) mass is 543 g/mol. The summed E-state index contributed by atoms with van der Waals surface area (Å²) in [5.74, 6) is -3.71. The van der Waals surface area contributed by atoms with Crippen molar-refractivity contribution in [2.24, 2.45) is 0 Å². The number of halogens is 1. The summed E-state index contributed by atoms with van der Waals surface area (Å²) in [4.78, 5) is 30.5. The molecule has 0 radical (unpaired) electrons. The first kappa shape index (κ1) is 29.0. The molecule has 0 aliphatic carbocycles. The number of carboxylic acids is 2. The molecule has 1 fully saturated rings. The zero-order valence-corrected chi connectivity index (χ0v) is 20.8. The maximum absolute atomic E-state index is 13.0. The average Bonchev–Trinajstić information content (AvgIpc) is 2.86. The molecule has 2 aromatic rings. The van der Waals surface area contributed by atoms with E-state index in [4.69, 9.17) is 40.9 Å². The Hall–Kier alpha value is -3.23. The van der Waals surface area contributed by atoms with Crippen LogP contribution in [0.15, 0.2) is 47.4 Å². The molecular formula is C22H26ClN3O9S. The van der Waals surface area contributed by atoms with Crippen LogP contribution in [0, 0.1) is 0 Å². The number of carbonyl (C=O) groups is 3. The fourth-order valence-electron chi connectivity index (χ4n) is 3.01. The van der Waals surface area contributed by atoms with E-state index in [-0.39, 0.29) is 36.2 Å². The largest absolute Gasteiger partial charge is 0.495 e. The van der Waals surface area contributed by atoms with Crippen LogP contribution in [0.2, 0.25) is 5.02 Å². The van der Waals surface area contributed by atoms with Gasteiger partial charge in [-0.15, -0.1) is 0 Å². The molecule has 0 unspecified atom stereocenters. The minimum atomic E-state index is -3.77. The van der Waals surface area contributed by atoms with Crippen molar-refractivity contribution in [3.63, 3.8) is 0 Å². The van der Waals surface area contributed by atoms with Crippen LogP contribution >= 0.6 is 11.6 Å². The summed E-state index contributed by atoms with van der Waals surface area (Å²) >= 11 is 5.86. The number of sulfonamides is 1. The first-order chi connectivity index (χ1) is 17.0. The summed E-state index contributed by atoms with van der Waals surface area (Å²) in [6.45, 7) is 1.81. The van der Waals surface area contributed by atoms with Gasteiger partial charge in [0.1, 0.15) is 10.6 Å². The summed E-state index contributed by atoms with van der Waals surface area (Å²) in [5.41, 5.74) is 1.37. The van der Waals surface area contributed by atoms with E-state index >= 15 is 0 Å². The van der Waals surface area contributed by atoms with E-state index in [2.05, 4.69) is 10.6 Å². The number of hydrogen-bond donors (Lipinski definition) is 4. The van der Waals surface area contributed by atoms with E-state index in [0.29, 0.717) is 30.5 Å². The number of rotatable bonds is 8. The molecule has 4 N–H and O–H groups in total. The number of anilines is 1. The summed E-state index contributed by atoms with van der Waals surface area (Å²) in [5, 5.41) is 21.2. The van der Waals surface area contributed by atoms with E-state index in [9.17, 15) is 13.2 Å². The smallest absolute Gasteiger partial charge is 0.414 e. The predicted octanol–water partition coefficient (Wildman–Crippen LogP) is 1.25. The van der Waals surface area contributed by atoms with Crippen molar-refractivity contribution >= 4 is 45.2 Å². The second kappa shape index (κ2) is 13.8. The van der Waals surface area contributed by atoms with Gasteiger partial charge in [-0.2, -0.15) is 4.31 Å². The SMILES string of the molecule is COc1ccc(NC(=O)CNCc2ccc(Cl)cc2)cc1S(=O)(=O)N1CCOCC1.O=C(O)C(=O)O. The predicted molar refractivity (Wildman–Crippen MR) is 130 cm³/mol. The third kappa shape index (κ3) is 8.77. The van der Waals surface area contributed by atoms with Crippen molar-refractivity contribution < 1.29 is 42.5 Å². The van der Waals surface area contributed by atoms with E-state index < -0.39 is 22.0 Å². The Kier molecular flexibility index (Phi) is 11.1. The number of ether oxygens (including phenoxy) is 2. The lowest BCUT2D eigenvalue weighted by Crippen LogP contribution is -2.40. The minimum Gasteiger partial charge on any atom is -0.495 e. The second-order valence-electron chi connectivity index (χ2n) is 7.27. The van der Waals surface area contributed by atoms with Gasteiger partial charge in [0, 0.05) is 30.3 Å². The number of carboxylic acid groups (broad SMARTS) is 2. The molecule has 0 bridgehead atoms. The molecule has 14 heteroatoms. The molecule has 12 nitrogen and oxygen atoms in total. The number of aliphatic carboxylic acids is 2. The van der Waals surface area contributed by atoms with Crippen LogP contribution in [0.4, 0.5) is 5.69 Å². The fraction of sp³-hybridized carbons (Fsp3) is 0.318. The number of nitrogens with one attached hydrogen (secondary N) is 2. The molecule has 1 aliphatic rings. The summed E-state index contributed by atoms with van der Waals surface area (Å²) in [7, 11) is -2.36. The minimum absolute atomic E-state index is 0.0128. The number of benzene rings is 2. The molecule has 1 amide bonds. The number of nitrogens with zero attached hydrogens (tertiary/aromatic N) is 1. The normalized spacial score (nSPS) is 13.7. The molecule has 3 rings (SSSR count). The van der Waals surface area contributed by atoms with Gasteiger partial charge in [0.2, 0.25) is 15.9 Å².